The van der Waals surface area contributed by atoms with Gasteiger partial charge in [0.05, 0.1) is 4.47 Å². The Kier molecular flexibility index (Phi) is 4.72. The maximum atomic E-state index is 4.49. The van der Waals surface area contributed by atoms with E-state index in [0.29, 0.717) is 10.7 Å². The van der Waals surface area contributed by atoms with Crippen molar-refractivity contribution in [2.45, 2.75) is 30.9 Å². The van der Waals surface area contributed by atoms with Gasteiger partial charge in [-0.05, 0) is 41.4 Å². The number of aromatic nitrogens is 2. The van der Waals surface area contributed by atoms with E-state index >= 15 is 0 Å². The van der Waals surface area contributed by atoms with E-state index in [-0.39, 0.29) is 0 Å². The molecule has 0 unspecified atom stereocenters. The molecule has 1 aromatic rings. The quantitative estimate of drug-likeness (QED) is 0.802. The van der Waals surface area contributed by atoms with Crippen LogP contribution in [0.5, 0.6) is 0 Å². The Morgan fingerprint density at radius 1 is 1.44 bits per heavy atom. The third-order valence-corrected chi connectivity index (χ3v) is 5.09. The molecule has 0 radical (unpaired) electrons. The highest BCUT2D eigenvalue weighted by Gasteiger charge is 2.41. The third kappa shape index (κ3) is 3.51. The second-order valence-electron chi connectivity index (χ2n) is 4.56. The number of anilines is 2. The summed E-state index contributed by atoms with van der Waals surface area (Å²) in [6.07, 6.45) is 7.64. The van der Waals surface area contributed by atoms with Crippen molar-refractivity contribution < 1.29 is 0 Å². The summed E-state index contributed by atoms with van der Waals surface area (Å²) in [7, 11) is 0. The molecule has 0 bridgehead atoms. The Balaban J connectivity index is 1.97. The number of hydrogen-bond acceptors (Lipinski definition) is 5. The van der Waals surface area contributed by atoms with E-state index in [1.54, 1.807) is 6.20 Å². The zero-order valence-electron chi connectivity index (χ0n) is 10.8. The van der Waals surface area contributed by atoms with Gasteiger partial charge in [-0.2, -0.15) is 16.7 Å². The summed E-state index contributed by atoms with van der Waals surface area (Å²) in [5.74, 6) is 1.57. The van der Waals surface area contributed by atoms with Crippen LogP contribution in [0.3, 0.4) is 0 Å². The Bertz CT molecular complexity index is 409. The second-order valence-corrected chi connectivity index (χ2v) is 6.69. The summed E-state index contributed by atoms with van der Waals surface area (Å²) in [4.78, 5) is 8.73. The van der Waals surface area contributed by atoms with Crippen molar-refractivity contribution in [2.24, 2.45) is 0 Å². The van der Waals surface area contributed by atoms with Crippen LogP contribution in [0, 0.1) is 0 Å². The molecule has 100 valence electrons. The Hall–Kier alpha value is -0.490. The molecule has 4 nitrogen and oxygen atoms in total. The van der Waals surface area contributed by atoms with Gasteiger partial charge >= 0.3 is 0 Å². The summed E-state index contributed by atoms with van der Waals surface area (Å²) < 4.78 is 1.35. The Labute approximate surface area is 121 Å². The molecule has 0 aromatic carbocycles. The Morgan fingerprint density at radius 3 is 2.83 bits per heavy atom. The van der Waals surface area contributed by atoms with Crippen molar-refractivity contribution in [3.63, 3.8) is 0 Å². The van der Waals surface area contributed by atoms with Gasteiger partial charge in [-0.3, -0.25) is 0 Å². The monoisotopic (exact) mass is 330 g/mol. The largest absolute Gasteiger partial charge is 0.368 e. The zero-order valence-corrected chi connectivity index (χ0v) is 13.2. The summed E-state index contributed by atoms with van der Waals surface area (Å²) in [6, 6.07) is 0. The average molecular weight is 331 g/mol. The highest BCUT2D eigenvalue weighted by Crippen LogP contribution is 2.47. The molecule has 1 heterocycles. The minimum absolute atomic E-state index is 0.432. The van der Waals surface area contributed by atoms with Crippen LogP contribution in [0.25, 0.3) is 0 Å². The van der Waals surface area contributed by atoms with Gasteiger partial charge in [-0.15, -0.1) is 0 Å². The molecule has 1 aromatic heterocycles. The van der Waals surface area contributed by atoms with Crippen LogP contribution in [0.4, 0.5) is 11.8 Å². The van der Waals surface area contributed by atoms with Crippen molar-refractivity contribution in [1.82, 2.24) is 9.97 Å². The van der Waals surface area contributed by atoms with Crippen LogP contribution in [-0.2, 0) is 0 Å². The van der Waals surface area contributed by atoms with E-state index in [9.17, 15) is 0 Å². The lowest BCUT2D eigenvalue weighted by molar-refractivity contribution is 0.924. The molecular formula is C12H19BrN4S. The van der Waals surface area contributed by atoms with Crippen molar-refractivity contribution in [1.29, 1.82) is 0 Å². The van der Waals surface area contributed by atoms with Crippen LogP contribution in [0.2, 0.25) is 0 Å². The molecule has 1 saturated carbocycles. The van der Waals surface area contributed by atoms with E-state index in [0.717, 1.165) is 29.8 Å². The molecule has 0 amide bonds. The summed E-state index contributed by atoms with van der Waals surface area (Å²) in [6.45, 7) is 3.99. The molecule has 2 rings (SSSR count). The smallest absolute Gasteiger partial charge is 0.224 e. The number of rotatable bonds is 7. The van der Waals surface area contributed by atoms with Crippen molar-refractivity contribution in [3.05, 3.63) is 10.7 Å². The van der Waals surface area contributed by atoms with Crippen LogP contribution in [0.1, 0.15) is 26.2 Å². The fraction of sp³-hybridized carbons (Fsp3) is 0.667. The molecule has 0 saturated heterocycles. The van der Waals surface area contributed by atoms with Crippen LogP contribution >= 0.6 is 27.7 Å². The van der Waals surface area contributed by atoms with Gasteiger partial charge in [0.15, 0.2) is 0 Å². The first kappa shape index (κ1) is 13.9. The molecule has 0 aliphatic heterocycles. The number of halogens is 1. The van der Waals surface area contributed by atoms with Gasteiger partial charge in [0.1, 0.15) is 5.82 Å². The molecular weight excluding hydrogens is 312 g/mol. The minimum Gasteiger partial charge on any atom is -0.368 e. The fourth-order valence-electron chi connectivity index (χ4n) is 1.65. The average Bonchev–Trinajstić information content (AvgIpc) is 3.17. The SMILES string of the molecule is CCCNc1ncc(Br)c(NCC2(SC)CC2)n1. The van der Waals surface area contributed by atoms with Gasteiger partial charge in [-0.25, -0.2) is 4.98 Å². The topological polar surface area (TPSA) is 49.8 Å². The highest BCUT2D eigenvalue weighted by molar-refractivity contribution is 9.10. The molecule has 2 N–H and O–H groups in total. The summed E-state index contributed by atoms with van der Waals surface area (Å²) in [5, 5.41) is 6.63. The molecule has 1 fully saturated rings. The predicted molar refractivity (Wildman–Crippen MR) is 82.5 cm³/mol. The summed E-state index contributed by atoms with van der Waals surface area (Å²) in [5.41, 5.74) is 0. The maximum absolute atomic E-state index is 4.49. The molecule has 18 heavy (non-hydrogen) atoms. The van der Waals surface area contributed by atoms with Gasteiger partial charge in [0.25, 0.3) is 0 Å². The lowest BCUT2D eigenvalue weighted by Crippen LogP contribution is -2.19. The van der Waals surface area contributed by atoms with Crippen molar-refractivity contribution >= 4 is 39.5 Å². The maximum Gasteiger partial charge on any atom is 0.224 e. The number of hydrogen-bond donors (Lipinski definition) is 2. The second kappa shape index (κ2) is 6.10. The lowest BCUT2D eigenvalue weighted by atomic mass is 10.4. The molecule has 0 spiro atoms. The molecule has 0 atom stereocenters. The molecule has 6 heteroatoms. The number of nitrogens with one attached hydrogen (secondary N) is 2. The minimum atomic E-state index is 0.432. The van der Waals surface area contributed by atoms with Crippen molar-refractivity contribution in [3.8, 4) is 0 Å². The van der Waals surface area contributed by atoms with Crippen molar-refractivity contribution in [2.75, 3.05) is 30.0 Å². The number of nitrogens with zero attached hydrogens (tertiary/aromatic N) is 2. The van der Waals surface area contributed by atoms with E-state index in [2.05, 4.69) is 49.7 Å². The van der Waals surface area contributed by atoms with Gasteiger partial charge in [-0.1, -0.05) is 6.92 Å². The first-order valence-corrected chi connectivity index (χ1v) is 8.26. The highest BCUT2D eigenvalue weighted by atomic mass is 79.9. The molecule has 1 aliphatic rings. The van der Waals surface area contributed by atoms with Gasteiger partial charge < -0.3 is 10.6 Å². The first-order chi connectivity index (χ1) is 8.69. The lowest BCUT2D eigenvalue weighted by Gasteiger charge is -2.15. The van der Waals surface area contributed by atoms with Crippen LogP contribution in [-0.4, -0.2) is 34.1 Å². The Morgan fingerprint density at radius 2 is 2.22 bits per heavy atom. The van der Waals surface area contributed by atoms with Crippen LogP contribution in [0.15, 0.2) is 10.7 Å². The van der Waals surface area contributed by atoms with Crippen LogP contribution < -0.4 is 10.6 Å². The third-order valence-electron chi connectivity index (χ3n) is 3.10. The normalized spacial score (nSPS) is 16.4. The zero-order chi connectivity index (χ0) is 13.0. The van der Waals surface area contributed by atoms with E-state index < -0.39 is 0 Å². The molecule has 1 aliphatic carbocycles. The van der Waals surface area contributed by atoms with Gasteiger partial charge in [0.2, 0.25) is 5.95 Å². The van der Waals surface area contributed by atoms with E-state index in [1.165, 1.54) is 12.8 Å². The van der Waals surface area contributed by atoms with Gasteiger partial charge in [0, 0.05) is 24.0 Å². The van der Waals surface area contributed by atoms with E-state index in [1.807, 2.05) is 11.8 Å². The standard InChI is InChI=1S/C12H19BrN4S/c1-3-6-14-11-15-7-9(13)10(17-11)16-8-12(18-2)4-5-12/h7H,3-6,8H2,1-2H3,(H2,14,15,16,17). The first-order valence-electron chi connectivity index (χ1n) is 6.24. The predicted octanol–water partition coefficient (Wildman–Crippen LogP) is 3.37. The number of thioether (sulfide) groups is 1. The van der Waals surface area contributed by atoms with E-state index in [4.69, 9.17) is 0 Å². The fourth-order valence-corrected chi connectivity index (χ4v) is 2.71. The summed E-state index contributed by atoms with van der Waals surface area (Å²) >= 11 is 5.43.